The average Bonchev–Trinajstić information content (AvgIpc) is 1.97. The Kier molecular flexibility index (Phi) is 1.94. The van der Waals surface area contributed by atoms with Gasteiger partial charge in [-0.05, 0) is 6.07 Å². The first kappa shape index (κ1) is 9.43. The Morgan fingerprint density at radius 3 is 2.08 bits per heavy atom. The highest BCUT2D eigenvalue weighted by Gasteiger charge is 2.33. The van der Waals surface area contributed by atoms with Crippen molar-refractivity contribution in [1.82, 2.24) is 4.98 Å². The Morgan fingerprint density at radius 1 is 1.15 bits per heavy atom. The van der Waals surface area contributed by atoms with E-state index in [1.807, 2.05) is 0 Å². The molecule has 1 rings (SSSR count). The molecule has 13 heavy (non-hydrogen) atoms. The monoisotopic (exact) mass is 192 g/mol. The summed E-state index contributed by atoms with van der Waals surface area (Å²) < 4.78 is 36.2. The molecule has 0 radical (unpaired) electrons. The molecule has 0 aliphatic rings. The van der Waals surface area contributed by atoms with Crippen molar-refractivity contribution in [3.63, 3.8) is 0 Å². The fraction of sp³-hybridized carbons (Fsp3) is 0.167. The molecule has 72 valence electrons. The van der Waals surface area contributed by atoms with Gasteiger partial charge in [-0.15, -0.1) is 0 Å². The van der Waals surface area contributed by atoms with Crippen LogP contribution in [0.3, 0.4) is 0 Å². The molecule has 0 saturated heterocycles. The molecular weight excluding hydrogens is 185 g/mol. The average molecular weight is 192 g/mol. The van der Waals surface area contributed by atoms with Crippen molar-refractivity contribution in [2.24, 2.45) is 0 Å². The van der Waals surface area contributed by atoms with E-state index in [1.54, 1.807) is 0 Å². The minimum absolute atomic E-state index is 0.131. The van der Waals surface area contributed by atoms with Gasteiger partial charge in [0.15, 0.2) is 0 Å². The van der Waals surface area contributed by atoms with Gasteiger partial charge in [0.1, 0.15) is 11.5 Å². The minimum Gasteiger partial charge on any atom is -0.397 e. The molecule has 0 spiro atoms. The number of aromatic nitrogens is 1. The Balaban J connectivity index is 3.29. The summed E-state index contributed by atoms with van der Waals surface area (Å²) in [7, 11) is 0. The second-order valence-electron chi connectivity index (χ2n) is 2.39. The Morgan fingerprint density at radius 2 is 1.69 bits per heavy atom. The molecule has 0 atom stereocenters. The topological polar surface area (TPSA) is 90.9 Å². The van der Waals surface area contributed by atoms with Gasteiger partial charge in [-0.25, -0.2) is 4.98 Å². The smallest absolute Gasteiger partial charge is 0.397 e. The molecule has 7 heteroatoms. The van der Waals surface area contributed by atoms with Crippen LogP contribution in [0.4, 0.5) is 30.4 Å². The maximum Gasteiger partial charge on any atom is 0.433 e. The lowest BCUT2D eigenvalue weighted by molar-refractivity contribution is -0.141. The molecule has 6 N–H and O–H groups in total. The third kappa shape index (κ3) is 1.74. The largest absolute Gasteiger partial charge is 0.433 e. The van der Waals surface area contributed by atoms with Gasteiger partial charge < -0.3 is 17.2 Å². The summed E-state index contributed by atoms with van der Waals surface area (Å²) in [6.07, 6.45) is -4.56. The van der Waals surface area contributed by atoms with E-state index < -0.39 is 17.7 Å². The van der Waals surface area contributed by atoms with Crippen LogP contribution in [0.1, 0.15) is 5.69 Å². The zero-order valence-corrected chi connectivity index (χ0v) is 6.39. The summed E-state index contributed by atoms with van der Waals surface area (Å²) in [5, 5.41) is 0. The van der Waals surface area contributed by atoms with Crippen LogP contribution in [-0.2, 0) is 6.18 Å². The highest BCUT2D eigenvalue weighted by atomic mass is 19.4. The molecule has 1 heterocycles. The first-order valence-corrected chi connectivity index (χ1v) is 3.21. The quantitative estimate of drug-likeness (QED) is 0.568. The van der Waals surface area contributed by atoms with E-state index in [0.29, 0.717) is 6.07 Å². The van der Waals surface area contributed by atoms with E-state index in [4.69, 9.17) is 17.2 Å². The van der Waals surface area contributed by atoms with Gasteiger partial charge >= 0.3 is 6.18 Å². The second kappa shape index (κ2) is 2.68. The molecule has 0 bridgehead atoms. The SMILES string of the molecule is Nc1cc(C(F)(F)F)nc(N)c1N. The fourth-order valence-electron chi connectivity index (χ4n) is 0.740. The molecule has 0 aromatic carbocycles. The van der Waals surface area contributed by atoms with Crippen LogP contribution in [0.15, 0.2) is 6.07 Å². The molecule has 0 unspecified atom stereocenters. The molecule has 0 aliphatic carbocycles. The van der Waals surface area contributed by atoms with E-state index in [1.165, 1.54) is 0 Å². The normalized spacial score (nSPS) is 11.6. The summed E-state index contributed by atoms with van der Waals surface area (Å²) >= 11 is 0. The van der Waals surface area contributed by atoms with Crippen LogP contribution < -0.4 is 17.2 Å². The van der Waals surface area contributed by atoms with Crippen molar-refractivity contribution in [1.29, 1.82) is 0 Å². The van der Waals surface area contributed by atoms with Crippen molar-refractivity contribution >= 4 is 17.2 Å². The van der Waals surface area contributed by atoms with Crippen molar-refractivity contribution < 1.29 is 13.2 Å². The Hall–Kier alpha value is -1.66. The molecule has 0 aliphatic heterocycles. The highest BCUT2D eigenvalue weighted by Crippen LogP contribution is 2.32. The number of pyridine rings is 1. The number of nitrogens with two attached hydrogens (primary N) is 3. The van der Waals surface area contributed by atoms with E-state index >= 15 is 0 Å². The number of hydrogen-bond acceptors (Lipinski definition) is 4. The van der Waals surface area contributed by atoms with Crippen molar-refractivity contribution in [3.05, 3.63) is 11.8 Å². The first-order valence-electron chi connectivity index (χ1n) is 3.21. The number of hydrogen-bond donors (Lipinski definition) is 3. The number of nitrogen functional groups attached to an aromatic ring is 3. The van der Waals surface area contributed by atoms with Gasteiger partial charge in [-0.1, -0.05) is 0 Å². The Bertz CT molecular complexity index is 310. The van der Waals surface area contributed by atoms with Gasteiger partial charge in [0.25, 0.3) is 0 Å². The van der Waals surface area contributed by atoms with E-state index in [9.17, 15) is 13.2 Å². The molecule has 1 aromatic heterocycles. The van der Waals surface area contributed by atoms with Gasteiger partial charge in [0.05, 0.1) is 11.4 Å². The van der Waals surface area contributed by atoms with Crippen molar-refractivity contribution in [2.45, 2.75) is 6.18 Å². The molecule has 4 nitrogen and oxygen atoms in total. The fourth-order valence-corrected chi connectivity index (χ4v) is 0.740. The summed E-state index contributed by atoms with van der Waals surface area (Å²) in [5.74, 6) is -0.410. The number of anilines is 3. The van der Waals surface area contributed by atoms with E-state index in [0.717, 1.165) is 0 Å². The lowest BCUT2D eigenvalue weighted by Gasteiger charge is -2.09. The van der Waals surface area contributed by atoms with Crippen molar-refractivity contribution in [3.8, 4) is 0 Å². The summed E-state index contributed by atoms with van der Waals surface area (Å²) in [6.45, 7) is 0. The molecular formula is C6H7F3N4. The molecule has 0 fully saturated rings. The summed E-state index contributed by atoms with van der Waals surface area (Å²) in [5.41, 5.74) is 14.0. The number of halogens is 3. The zero-order valence-electron chi connectivity index (χ0n) is 6.39. The van der Waals surface area contributed by atoms with Gasteiger partial charge in [0.2, 0.25) is 0 Å². The van der Waals surface area contributed by atoms with Gasteiger partial charge in [0, 0.05) is 0 Å². The van der Waals surface area contributed by atoms with Gasteiger partial charge in [-0.2, -0.15) is 13.2 Å². The van der Waals surface area contributed by atoms with E-state index in [-0.39, 0.29) is 11.4 Å². The van der Waals surface area contributed by atoms with Crippen LogP contribution in [0, 0.1) is 0 Å². The first-order chi connectivity index (χ1) is 5.82. The van der Waals surface area contributed by atoms with Crippen LogP contribution in [-0.4, -0.2) is 4.98 Å². The van der Waals surface area contributed by atoms with Gasteiger partial charge in [-0.3, -0.25) is 0 Å². The van der Waals surface area contributed by atoms with Crippen LogP contribution in [0.5, 0.6) is 0 Å². The summed E-state index contributed by atoms with van der Waals surface area (Å²) in [4.78, 5) is 3.05. The molecule has 0 saturated carbocycles. The number of alkyl halides is 3. The highest BCUT2D eigenvalue weighted by molar-refractivity contribution is 5.74. The maximum absolute atomic E-state index is 12.1. The van der Waals surface area contributed by atoms with Crippen LogP contribution >= 0.6 is 0 Å². The summed E-state index contributed by atoms with van der Waals surface area (Å²) in [6, 6.07) is 0.645. The van der Waals surface area contributed by atoms with Crippen LogP contribution in [0.25, 0.3) is 0 Å². The standard InChI is InChI=1S/C6H7F3N4/c7-6(8,9)3-1-2(10)4(11)5(12)13-3/h1H,11H2,(H4,10,12,13). The molecule has 1 aromatic rings. The number of rotatable bonds is 0. The van der Waals surface area contributed by atoms with Crippen molar-refractivity contribution in [2.75, 3.05) is 17.2 Å². The predicted molar refractivity (Wildman–Crippen MR) is 42.5 cm³/mol. The number of nitrogens with zero attached hydrogens (tertiary/aromatic N) is 1. The third-order valence-corrected chi connectivity index (χ3v) is 1.41. The minimum atomic E-state index is -4.56. The Labute approximate surface area is 71.5 Å². The lowest BCUT2D eigenvalue weighted by atomic mass is 10.2. The van der Waals surface area contributed by atoms with Crippen LogP contribution in [0.2, 0.25) is 0 Å². The van der Waals surface area contributed by atoms with E-state index in [2.05, 4.69) is 4.98 Å². The zero-order chi connectivity index (χ0) is 10.2. The lowest BCUT2D eigenvalue weighted by Crippen LogP contribution is -2.12. The predicted octanol–water partition coefficient (Wildman–Crippen LogP) is 0.847. The molecule has 0 amide bonds. The third-order valence-electron chi connectivity index (χ3n) is 1.41. The second-order valence-corrected chi connectivity index (χ2v) is 2.39. The maximum atomic E-state index is 12.1.